The molecule has 0 aromatic heterocycles. The standard InChI is InChI=1S/C13H16N4O4/c14-13(19)9-3-5-16(6-4-9)11-2-1-10(15-8-18)7-12(11)17(20)21/h1-2,7-9H,3-6H2,(H2,14,19)(H,15,18). The maximum absolute atomic E-state index is 11.2. The Hall–Kier alpha value is -2.64. The zero-order valence-electron chi connectivity index (χ0n) is 11.3. The predicted octanol–water partition coefficient (Wildman–Crippen LogP) is 0.865. The van der Waals surface area contributed by atoms with E-state index in [1.165, 1.54) is 6.07 Å². The number of carbonyl (C=O) groups excluding carboxylic acids is 2. The van der Waals surface area contributed by atoms with E-state index in [1.807, 2.05) is 4.90 Å². The van der Waals surface area contributed by atoms with Gasteiger partial charge < -0.3 is 16.0 Å². The molecule has 1 aliphatic rings. The molecule has 21 heavy (non-hydrogen) atoms. The van der Waals surface area contributed by atoms with Crippen molar-refractivity contribution in [3.63, 3.8) is 0 Å². The molecule has 1 aliphatic heterocycles. The molecule has 0 saturated carbocycles. The second kappa shape index (κ2) is 6.21. The van der Waals surface area contributed by atoms with Crippen LogP contribution in [0.15, 0.2) is 18.2 Å². The Labute approximate surface area is 121 Å². The van der Waals surface area contributed by atoms with Crippen LogP contribution in [0, 0.1) is 16.0 Å². The quantitative estimate of drug-likeness (QED) is 0.474. The Morgan fingerprint density at radius 2 is 2.10 bits per heavy atom. The fourth-order valence-electron chi connectivity index (χ4n) is 2.50. The molecule has 0 unspecified atom stereocenters. The Bertz CT molecular complexity index is 567. The molecule has 2 amide bonds. The number of nitro groups is 1. The van der Waals surface area contributed by atoms with Crippen molar-refractivity contribution >= 4 is 29.4 Å². The molecule has 8 nitrogen and oxygen atoms in total. The van der Waals surface area contributed by atoms with Gasteiger partial charge >= 0.3 is 0 Å². The van der Waals surface area contributed by atoms with Crippen molar-refractivity contribution in [2.24, 2.45) is 11.7 Å². The van der Waals surface area contributed by atoms with Crippen LogP contribution in [0.4, 0.5) is 17.1 Å². The number of nitro benzene ring substituents is 1. The first-order valence-electron chi connectivity index (χ1n) is 6.56. The third-order valence-corrected chi connectivity index (χ3v) is 3.64. The van der Waals surface area contributed by atoms with Crippen molar-refractivity contribution in [3.05, 3.63) is 28.3 Å². The number of nitrogens with one attached hydrogen (secondary N) is 1. The highest BCUT2D eigenvalue weighted by atomic mass is 16.6. The molecular formula is C13H16N4O4. The molecule has 2 rings (SSSR count). The number of hydrogen-bond donors (Lipinski definition) is 2. The minimum Gasteiger partial charge on any atom is -0.369 e. The smallest absolute Gasteiger partial charge is 0.294 e. The summed E-state index contributed by atoms with van der Waals surface area (Å²) < 4.78 is 0. The topological polar surface area (TPSA) is 119 Å². The molecule has 0 aliphatic carbocycles. The third-order valence-electron chi connectivity index (χ3n) is 3.64. The summed E-state index contributed by atoms with van der Waals surface area (Å²) in [5.74, 6) is -0.494. The maximum Gasteiger partial charge on any atom is 0.294 e. The monoisotopic (exact) mass is 292 g/mol. The Kier molecular flexibility index (Phi) is 4.36. The van der Waals surface area contributed by atoms with Gasteiger partial charge in [0.15, 0.2) is 0 Å². The first kappa shape index (κ1) is 14.8. The zero-order valence-corrected chi connectivity index (χ0v) is 11.3. The molecule has 1 aromatic rings. The van der Waals surface area contributed by atoms with E-state index >= 15 is 0 Å². The fourth-order valence-corrected chi connectivity index (χ4v) is 2.50. The number of primary amides is 1. The van der Waals surface area contributed by atoms with Gasteiger partial charge in [-0.05, 0) is 25.0 Å². The molecule has 112 valence electrons. The van der Waals surface area contributed by atoms with Crippen LogP contribution in [-0.4, -0.2) is 30.3 Å². The molecule has 0 spiro atoms. The van der Waals surface area contributed by atoms with Crippen molar-refractivity contribution < 1.29 is 14.5 Å². The van der Waals surface area contributed by atoms with E-state index < -0.39 is 4.92 Å². The lowest BCUT2D eigenvalue weighted by atomic mass is 9.96. The zero-order chi connectivity index (χ0) is 15.4. The summed E-state index contributed by atoms with van der Waals surface area (Å²) in [7, 11) is 0. The van der Waals surface area contributed by atoms with E-state index in [4.69, 9.17) is 5.73 Å². The number of nitrogens with two attached hydrogens (primary N) is 1. The first-order chi connectivity index (χ1) is 10.0. The number of benzene rings is 1. The van der Waals surface area contributed by atoms with E-state index in [2.05, 4.69) is 5.32 Å². The first-order valence-corrected chi connectivity index (χ1v) is 6.56. The van der Waals surface area contributed by atoms with Crippen LogP contribution in [-0.2, 0) is 9.59 Å². The minimum atomic E-state index is -0.481. The highest BCUT2D eigenvalue weighted by Crippen LogP contribution is 2.33. The predicted molar refractivity (Wildman–Crippen MR) is 76.9 cm³/mol. The number of nitrogens with zero attached hydrogens (tertiary/aromatic N) is 2. The summed E-state index contributed by atoms with van der Waals surface area (Å²) in [4.78, 5) is 34.1. The summed E-state index contributed by atoms with van der Waals surface area (Å²) in [5, 5.41) is 13.6. The average Bonchev–Trinajstić information content (AvgIpc) is 2.47. The van der Waals surface area contributed by atoms with Gasteiger partial charge in [0.25, 0.3) is 5.69 Å². The third kappa shape index (κ3) is 3.28. The Morgan fingerprint density at radius 1 is 1.43 bits per heavy atom. The maximum atomic E-state index is 11.2. The lowest BCUT2D eigenvalue weighted by molar-refractivity contribution is -0.384. The van der Waals surface area contributed by atoms with Crippen molar-refractivity contribution in [2.75, 3.05) is 23.3 Å². The average molecular weight is 292 g/mol. The number of hydrogen-bond acceptors (Lipinski definition) is 5. The normalized spacial score (nSPS) is 15.5. The number of carbonyl (C=O) groups is 2. The summed E-state index contributed by atoms with van der Waals surface area (Å²) in [6.07, 6.45) is 1.64. The van der Waals surface area contributed by atoms with Crippen molar-refractivity contribution in [2.45, 2.75) is 12.8 Å². The molecule has 1 heterocycles. The SMILES string of the molecule is NC(=O)C1CCN(c2ccc(NC=O)cc2[N+](=O)[O-])CC1. The molecule has 0 radical (unpaired) electrons. The van der Waals surface area contributed by atoms with E-state index in [0.29, 0.717) is 43.7 Å². The number of amides is 2. The van der Waals surface area contributed by atoms with E-state index in [0.717, 1.165) is 0 Å². The molecular weight excluding hydrogens is 276 g/mol. The van der Waals surface area contributed by atoms with Crippen LogP contribution in [0.1, 0.15) is 12.8 Å². The van der Waals surface area contributed by atoms with Gasteiger partial charge in [-0.1, -0.05) is 0 Å². The van der Waals surface area contributed by atoms with E-state index in [-0.39, 0.29) is 17.5 Å². The lowest BCUT2D eigenvalue weighted by Crippen LogP contribution is -2.38. The Balaban J connectivity index is 2.21. The van der Waals surface area contributed by atoms with Crippen LogP contribution in [0.25, 0.3) is 0 Å². The van der Waals surface area contributed by atoms with Crippen LogP contribution in [0.3, 0.4) is 0 Å². The Morgan fingerprint density at radius 3 is 2.62 bits per heavy atom. The number of rotatable bonds is 5. The number of anilines is 2. The molecule has 0 bridgehead atoms. The van der Waals surface area contributed by atoms with Gasteiger partial charge in [0.05, 0.1) is 4.92 Å². The molecule has 1 saturated heterocycles. The summed E-state index contributed by atoms with van der Waals surface area (Å²) in [6, 6.07) is 4.54. The van der Waals surface area contributed by atoms with Gasteiger partial charge in [-0.2, -0.15) is 0 Å². The molecule has 1 aromatic carbocycles. The largest absolute Gasteiger partial charge is 0.369 e. The van der Waals surface area contributed by atoms with Gasteiger partial charge in [0.2, 0.25) is 12.3 Å². The fraction of sp³-hybridized carbons (Fsp3) is 0.385. The second-order valence-corrected chi connectivity index (χ2v) is 4.89. The van der Waals surface area contributed by atoms with Crippen LogP contribution in [0.5, 0.6) is 0 Å². The highest BCUT2D eigenvalue weighted by molar-refractivity contribution is 5.78. The van der Waals surface area contributed by atoms with Crippen LogP contribution < -0.4 is 16.0 Å². The van der Waals surface area contributed by atoms with E-state index in [9.17, 15) is 19.7 Å². The van der Waals surface area contributed by atoms with Crippen molar-refractivity contribution in [1.29, 1.82) is 0 Å². The minimum absolute atomic E-state index is 0.0700. The van der Waals surface area contributed by atoms with Gasteiger partial charge in [-0.25, -0.2) is 0 Å². The number of piperidine rings is 1. The van der Waals surface area contributed by atoms with Crippen molar-refractivity contribution in [1.82, 2.24) is 0 Å². The summed E-state index contributed by atoms with van der Waals surface area (Å²) in [6.45, 7) is 1.07. The van der Waals surface area contributed by atoms with E-state index in [1.54, 1.807) is 12.1 Å². The van der Waals surface area contributed by atoms with Crippen LogP contribution in [0.2, 0.25) is 0 Å². The van der Waals surface area contributed by atoms with Gasteiger partial charge in [0.1, 0.15) is 5.69 Å². The van der Waals surface area contributed by atoms with Crippen molar-refractivity contribution in [3.8, 4) is 0 Å². The molecule has 1 fully saturated rings. The second-order valence-electron chi connectivity index (χ2n) is 4.89. The lowest BCUT2D eigenvalue weighted by Gasteiger charge is -2.32. The van der Waals surface area contributed by atoms with Gasteiger partial charge in [-0.15, -0.1) is 0 Å². The highest BCUT2D eigenvalue weighted by Gasteiger charge is 2.27. The van der Waals surface area contributed by atoms with Gasteiger partial charge in [-0.3, -0.25) is 19.7 Å². The summed E-state index contributed by atoms with van der Waals surface area (Å²) >= 11 is 0. The molecule has 8 heteroatoms. The molecule has 0 atom stereocenters. The van der Waals surface area contributed by atoms with Gasteiger partial charge in [0, 0.05) is 30.8 Å². The summed E-state index contributed by atoms with van der Waals surface area (Å²) in [5.41, 5.74) is 6.06. The van der Waals surface area contributed by atoms with Crippen LogP contribution >= 0.6 is 0 Å². The molecule has 3 N–H and O–H groups in total.